The normalized spacial score (nSPS) is 11.8. The molecule has 0 bridgehead atoms. The first kappa shape index (κ1) is 16.1. The zero-order chi connectivity index (χ0) is 15.5. The summed E-state index contributed by atoms with van der Waals surface area (Å²) in [6, 6.07) is 6.74. The minimum Gasteiger partial charge on any atom is -0.437 e. The predicted octanol–water partition coefficient (Wildman–Crippen LogP) is 2.32. The quantitative estimate of drug-likeness (QED) is 0.820. The molecular formula is C14H18N2O3S2. The van der Waals surface area contributed by atoms with E-state index in [9.17, 15) is 8.42 Å². The predicted molar refractivity (Wildman–Crippen MR) is 83.1 cm³/mol. The van der Waals surface area contributed by atoms with Gasteiger partial charge in [0, 0.05) is 12.3 Å². The van der Waals surface area contributed by atoms with Crippen LogP contribution < -0.4 is 5.73 Å². The van der Waals surface area contributed by atoms with Crippen LogP contribution >= 0.6 is 11.8 Å². The molecule has 0 fully saturated rings. The molecule has 1 aromatic carbocycles. The van der Waals surface area contributed by atoms with Crippen molar-refractivity contribution in [3.8, 4) is 0 Å². The Morgan fingerprint density at radius 1 is 1.33 bits per heavy atom. The molecule has 114 valence electrons. The zero-order valence-corrected chi connectivity index (χ0v) is 13.6. The van der Waals surface area contributed by atoms with Gasteiger partial charge in [0.1, 0.15) is 5.76 Å². The SMILES string of the molecule is Cc1nc(SCCS(=O)(=O)c2cccc(CN)c2)oc1C. The smallest absolute Gasteiger partial charge is 0.256 e. The second kappa shape index (κ2) is 6.64. The summed E-state index contributed by atoms with van der Waals surface area (Å²) in [5, 5.41) is 0.510. The third-order valence-corrected chi connectivity index (χ3v) is 5.88. The number of aryl methyl sites for hydroxylation is 2. The summed E-state index contributed by atoms with van der Waals surface area (Å²) in [6.07, 6.45) is 0. The van der Waals surface area contributed by atoms with Gasteiger partial charge in [-0.3, -0.25) is 0 Å². The minimum absolute atomic E-state index is 0.0339. The highest BCUT2D eigenvalue weighted by molar-refractivity contribution is 8.00. The van der Waals surface area contributed by atoms with Crippen LogP contribution in [0.3, 0.4) is 0 Å². The molecule has 1 aromatic heterocycles. The van der Waals surface area contributed by atoms with Gasteiger partial charge in [-0.25, -0.2) is 13.4 Å². The van der Waals surface area contributed by atoms with Gasteiger partial charge in [-0.2, -0.15) is 0 Å². The molecule has 0 spiro atoms. The number of nitrogens with two attached hydrogens (primary N) is 1. The van der Waals surface area contributed by atoms with Gasteiger partial charge < -0.3 is 10.2 Å². The minimum atomic E-state index is -3.31. The largest absolute Gasteiger partial charge is 0.437 e. The average Bonchev–Trinajstić information content (AvgIpc) is 2.77. The number of hydrogen-bond donors (Lipinski definition) is 1. The summed E-state index contributed by atoms with van der Waals surface area (Å²) in [6.45, 7) is 4.02. The van der Waals surface area contributed by atoms with Crippen molar-refractivity contribution in [1.82, 2.24) is 4.98 Å². The van der Waals surface area contributed by atoms with Crippen LogP contribution in [0.1, 0.15) is 17.0 Å². The first-order valence-corrected chi connectivity index (χ1v) is 9.15. The molecule has 1 heterocycles. The molecule has 0 aliphatic rings. The number of oxazole rings is 1. The van der Waals surface area contributed by atoms with Crippen LogP contribution in [0, 0.1) is 13.8 Å². The van der Waals surface area contributed by atoms with Crippen LogP contribution in [0.15, 0.2) is 38.8 Å². The van der Waals surface area contributed by atoms with Crippen molar-refractivity contribution in [3.63, 3.8) is 0 Å². The van der Waals surface area contributed by atoms with E-state index in [1.165, 1.54) is 11.8 Å². The van der Waals surface area contributed by atoms with E-state index in [0.717, 1.165) is 17.0 Å². The third kappa shape index (κ3) is 4.09. The number of aromatic nitrogens is 1. The summed E-state index contributed by atoms with van der Waals surface area (Å²) in [7, 11) is -3.31. The Labute approximate surface area is 128 Å². The number of thioether (sulfide) groups is 1. The fourth-order valence-electron chi connectivity index (χ4n) is 1.73. The molecule has 2 rings (SSSR count). The van der Waals surface area contributed by atoms with Crippen molar-refractivity contribution in [1.29, 1.82) is 0 Å². The number of sulfone groups is 1. The highest BCUT2D eigenvalue weighted by atomic mass is 32.2. The van der Waals surface area contributed by atoms with Crippen LogP contribution in [-0.4, -0.2) is 24.9 Å². The molecule has 0 atom stereocenters. The lowest BCUT2D eigenvalue weighted by molar-refractivity contribution is 0.431. The maximum absolute atomic E-state index is 12.3. The molecule has 5 nitrogen and oxygen atoms in total. The monoisotopic (exact) mass is 326 g/mol. The van der Waals surface area contributed by atoms with Crippen LogP contribution in [-0.2, 0) is 16.4 Å². The van der Waals surface area contributed by atoms with Gasteiger partial charge in [0.2, 0.25) is 0 Å². The highest BCUT2D eigenvalue weighted by Crippen LogP contribution is 2.21. The molecule has 0 radical (unpaired) electrons. The Balaban J connectivity index is 2.00. The Kier molecular flexibility index (Phi) is 5.08. The molecule has 2 N–H and O–H groups in total. The molecule has 7 heteroatoms. The van der Waals surface area contributed by atoms with E-state index >= 15 is 0 Å². The second-order valence-corrected chi connectivity index (χ2v) is 7.80. The van der Waals surface area contributed by atoms with Crippen molar-refractivity contribution in [2.75, 3.05) is 11.5 Å². The lowest BCUT2D eigenvalue weighted by Gasteiger charge is -2.05. The lowest BCUT2D eigenvalue weighted by Crippen LogP contribution is -2.09. The molecule has 21 heavy (non-hydrogen) atoms. The maximum Gasteiger partial charge on any atom is 0.256 e. The van der Waals surface area contributed by atoms with Crippen molar-refractivity contribution < 1.29 is 12.8 Å². The summed E-state index contributed by atoms with van der Waals surface area (Å²) < 4.78 is 29.9. The second-order valence-electron chi connectivity index (χ2n) is 4.64. The van der Waals surface area contributed by atoms with Crippen LogP contribution in [0.25, 0.3) is 0 Å². The molecule has 0 aliphatic heterocycles. The van der Waals surface area contributed by atoms with E-state index in [4.69, 9.17) is 10.2 Å². The van der Waals surface area contributed by atoms with Crippen molar-refractivity contribution in [2.24, 2.45) is 5.73 Å². The van der Waals surface area contributed by atoms with Gasteiger partial charge in [0.15, 0.2) is 9.84 Å². The van der Waals surface area contributed by atoms with E-state index in [-0.39, 0.29) is 5.75 Å². The first-order chi connectivity index (χ1) is 9.92. The summed E-state index contributed by atoms with van der Waals surface area (Å²) in [4.78, 5) is 4.53. The van der Waals surface area contributed by atoms with E-state index in [1.807, 2.05) is 19.9 Å². The van der Waals surface area contributed by atoms with Crippen LogP contribution in [0.5, 0.6) is 0 Å². The van der Waals surface area contributed by atoms with Gasteiger partial charge >= 0.3 is 0 Å². The van der Waals surface area contributed by atoms with Gasteiger partial charge in [0.25, 0.3) is 5.22 Å². The number of hydrogen-bond acceptors (Lipinski definition) is 6. The Morgan fingerprint density at radius 2 is 2.10 bits per heavy atom. The van der Waals surface area contributed by atoms with Crippen molar-refractivity contribution in [2.45, 2.75) is 30.5 Å². The number of benzene rings is 1. The van der Waals surface area contributed by atoms with Gasteiger partial charge in [-0.15, -0.1) is 0 Å². The maximum atomic E-state index is 12.3. The molecule has 2 aromatic rings. The molecule has 0 amide bonds. The van der Waals surface area contributed by atoms with E-state index in [0.29, 0.717) is 22.4 Å². The molecule has 0 aliphatic carbocycles. The summed E-state index contributed by atoms with van der Waals surface area (Å²) in [5.41, 5.74) is 7.17. The van der Waals surface area contributed by atoms with Gasteiger partial charge in [-0.05, 0) is 31.5 Å². The summed E-state index contributed by atoms with van der Waals surface area (Å²) in [5.74, 6) is 1.19. The van der Waals surface area contributed by atoms with E-state index in [1.54, 1.807) is 18.2 Å². The number of rotatable bonds is 6. The van der Waals surface area contributed by atoms with Gasteiger partial charge in [-0.1, -0.05) is 23.9 Å². The van der Waals surface area contributed by atoms with E-state index in [2.05, 4.69) is 4.98 Å². The Bertz CT molecular complexity index is 704. The van der Waals surface area contributed by atoms with Gasteiger partial charge in [0.05, 0.1) is 16.3 Å². The van der Waals surface area contributed by atoms with Crippen LogP contribution in [0.2, 0.25) is 0 Å². The topological polar surface area (TPSA) is 86.2 Å². The van der Waals surface area contributed by atoms with Crippen LogP contribution in [0.4, 0.5) is 0 Å². The molecular weight excluding hydrogens is 308 g/mol. The Hall–Kier alpha value is -1.31. The average molecular weight is 326 g/mol. The first-order valence-electron chi connectivity index (χ1n) is 6.51. The number of nitrogens with zero attached hydrogens (tertiary/aromatic N) is 1. The summed E-state index contributed by atoms with van der Waals surface area (Å²) >= 11 is 1.31. The zero-order valence-electron chi connectivity index (χ0n) is 12.0. The van der Waals surface area contributed by atoms with E-state index < -0.39 is 9.84 Å². The highest BCUT2D eigenvalue weighted by Gasteiger charge is 2.16. The van der Waals surface area contributed by atoms with Crippen molar-refractivity contribution >= 4 is 21.6 Å². The molecule has 0 unspecified atom stereocenters. The Morgan fingerprint density at radius 3 is 2.71 bits per heavy atom. The fourth-order valence-corrected chi connectivity index (χ4v) is 4.35. The third-order valence-electron chi connectivity index (χ3n) is 3.08. The fraction of sp³-hybridized carbons (Fsp3) is 0.357. The van der Waals surface area contributed by atoms with Crippen molar-refractivity contribution in [3.05, 3.63) is 41.3 Å². The molecule has 0 saturated heterocycles. The standard InChI is InChI=1S/C14H18N2O3S2/c1-10-11(2)19-14(16-10)20-6-7-21(17,18)13-5-3-4-12(8-13)9-15/h3-5,8H,6-7,9,15H2,1-2H3. The lowest BCUT2D eigenvalue weighted by atomic mass is 10.2. The molecule has 0 saturated carbocycles.